The molecule has 116 valence electrons. The van der Waals surface area contributed by atoms with E-state index < -0.39 is 0 Å². The third-order valence-electron chi connectivity index (χ3n) is 5.13. The highest BCUT2D eigenvalue weighted by molar-refractivity contribution is 5.93. The summed E-state index contributed by atoms with van der Waals surface area (Å²) in [6.07, 6.45) is 7.12. The second-order valence-electron chi connectivity index (χ2n) is 6.81. The van der Waals surface area contributed by atoms with Crippen molar-refractivity contribution in [2.45, 2.75) is 58.9 Å². The van der Waals surface area contributed by atoms with Crippen LogP contribution in [0.3, 0.4) is 0 Å². The van der Waals surface area contributed by atoms with Gasteiger partial charge in [0, 0.05) is 18.3 Å². The van der Waals surface area contributed by atoms with Crippen molar-refractivity contribution in [1.82, 2.24) is 10.3 Å². The Morgan fingerprint density at radius 3 is 2.48 bits per heavy atom. The summed E-state index contributed by atoms with van der Waals surface area (Å²) in [5, 5.41) is 3.08. The Balaban J connectivity index is 1.87. The Kier molecular flexibility index (Phi) is 4.86. The van der Waals surface area contributed by atoms with Gasteiger partial charge in [0.1, 0.15) is 0 Å². The van der Waals surface area contributed by atoms with Gasteiger partial charge in [0.15, 0.2) is 0 Å². The Morgan fingerprint density at radius 1 is 1.29 bits per heavy atom. The molecule has 0 saturated heterocycles. The van der Waals surface area contributed by atoms with Crippen LogP contribution in [0.15, 0.2) is 23.1 Å². The van der Waals surface area contributed by atoms with Crippen LogP contribution in [-0.4, -0.2) is 16.9 Å². The number of nitrogens with one attached hydrogen (secondary N) is 2. The maximum absolute atomic E-state index is 12.1. The lowest BCUT2D eigenvalue weighted by molar-refractivity contribution is 0.0893. The predicted molar refractivity (Wildman–Crippen MR) is 84.3 cm³/mol. The van der Waals surface area contributed by atoms with Crippen molar-refractivity contribution in [3.63, 3.8) is 0 Å². The van der Waals surface area contributed by atoms with E-state index in [1.165, 1.54) is 31.5 Å². The molecule has 1 aliphatic rings. The van der Waals surface area contributed by atoms with Gasteiger partial charge in [-0.1, -0.05) is 27.2 Å². The first-order chi connectivity index (χ1) is 9.92. The molecule has 21 heavy (non-hydrogen) atoms. The van der Waals surface area contributed by atoms with Gasteiger partial charge in [-0.25, -0.2) is 0 Å². The van der Waals surface area contributed by atoms with E-state index in [0.29, 0.717) is 11.0 Å². The fourth-order valence-corrected chi connectivity index (χ4v) is 3.13. The molecule has 1 saturated carbocycles. The first-order valence-electron chi connectivity index (χ1n) is 7.92. The highest BCUT2D eigenvalue weighted by atomic mass is 16.2. The number of aromatic nitrogens is 1. The molecule has 1 amide bonds. The van der Waals surface area contributed by atoms with Gasteiger partial charge in [-0.05, 0) is 43.1 Å². The fraction of sp³-hybridized carbons (Fsp3) is 0.647. The van der Waals surface area contributed by atoms with Crippen LogP contribution >= 0.6 is 0 Å². The smallest absolute Gasteiger partial charge is 0.252 e. The topological polar surface area (TPSA) is 62.0 Å². The molecule has 0 unspecified atom stereocenters. The zero-order chi connectivity index (χ0) is 15.5. The lowest BCUT2D eigenvalue weighted by atomic mass is 9.69. The molecular weight excluding hydrogens is 264 g/mol. The largest absolute Gasteiger partial charge is 0.349 e. The van der Waals surface area contributed by atoms with E-state index in [9.17, 15) is 9.59 Å². The van der Waals surface area contributed by atoms with Crippen LogP contribution in [0.2, 0.25) is 0 Å². The predicted octanol–water partition coefficient (Wildman–Crippen LogP) is 3.10. The summed E-state index contributed by atoms with van der Waals surface area (Å²) < 4.78 is 0. The van der Waals surface area contributed by atoms with Crippen molar-refractivity contribution in [3.8, 4) is 0 Å². The van der Waals surface area contributed by atoms with Gasteiger partial charge in [-0.3, -0.25) is 9.59 Å². The number of carbonyl (C=O) groups is 1. The van der Waals surface area contributed by atoms with Crippen molar-refractivity contribution in [3.05, 3.63) is 34.2 Å². The third-order valence-corrected chi connectivity index (χ3v) is 5.13. The quantitative estimate of drug-likeness (QED) is 0.895. The van der Waals surface area contributed by atoms with E-state index in [2.05, 4.69) is 31.1 Å². The normalized spacial score (nSPS) is 22.8. The second kappa shape index (κ2) is 6.46. The highest BCUT2D eigenvalue weighted by Crippen LogP contribution is 2.40. The minimum atomic E-state index is -0.186. The van der Waals surface area contributed by atoms with Crippen molar-refractivity contribution in [2.75, 3.05) is 0 Å². The molecule has 0 bridgehead atoms. The molecule has 0 radical (unpaired) electrons. The summed E-state index contributed by atoms with van der Waals surface area (Å²) in [6, 6.07) is 3.21. The zero-order valence-corrected chi connectivity index (χ0v) is 13.2. The minimum absolute atomic E-state index is 0.0931. The lowest BCUT2D eigenvalue weighted by Crippen LogP contribution is -2.40. The molecule has 1 aromatic rings. The minimum Gasteiger partial charge on any atom is -0.349 e. The molecule has 1 aliphatic carbocycles. The zero-order valence-electron chi connectivity index (χ0n) is 13.2. The van der Waals surface area contributed by atoms with E-state index in [1.54, 1.807) is 6.07 Å². The lowest BCUT2D eigenvalue weighted by Gasteiger charge is -2.39. The summed E-state index contributed by atoms with van der Waals surface area (Å²) >= 11 is 0. The molecule has 0 aromatic carbocycles. The number of H-pyrrole nitrogens is 1. The van der Waals surface area contributed by atoms with E-state index in [4.69, 9.17) is 0 Å². The summed E-state index contributed by atoms with van der Waals surface area (Å²) in [5.41, 5.74) is 0.730. The summed E-state index contributed by atoms with van der Waals surface area (Å²) in [7, 11) is 0. The van der Waals surface area contributed by atoms with Crippen LogP contribution in [-0.2, 0) is 0 Å². The monoisotopic (exact) mass is 290 g/mol. The van der Waals surface area contributed by atoms with Gasteiger partial charge < -0.3 is 10.3 Å². The second-order valence-corrected chi connectivity index (χ2v) is 6.81. The average molecular weight is 290 g/mol. The van der Waals surface area contributed by atoms with Crippen molar-refractivity contribution in [2.24, 2.45) is 11.3 Å². The fourth-order valence-electron chi connectivity index (χ4n) is 3.13. The number of amides is 1. The number of hydrogen-bond donors (Lipinski definition) is 2. The van der Waals surface area contributed by atoms with Gasteiger partial charge in [0.05, 0.1) is 5.56 Å². The first-order valence-corrected chi connectivity index (χ1v) is 7.92. The van der Waals surface area contributed by atoms with Gasteiger partial charge in [-0.15, -0.1) is 0 Å². The molecule has 2 N–H and O–H groups in total. The van der Waals surface area contributed by atoms with Crippen LogP contribution in [0.4, 0.5) is 0 Å². The standard InChI is InChI=1S/C17H26N2O2/c1-4-17(2,3)13-6-8-14(9-7-13)19-16(21)12-5-10-15(20)18-11-12/h5,10-11,13-14H,4,6-9H2,1-3H3,(H,18,20)(H,19,21). The Hall–Kier alpha value is -1.58. The molecular formula is C17H26N2O2. The summed E-state index contributed by atoms with van der Waals surface area (Å²) in [5.74, 6) is 0.660. The Morgan fingerprint density at radius 2 is 1.95 bits per heavy atom. The molecule has 1 heterocycles. The maximum Gasteiger partial charge on any atom is 0.252 e. The van der Waals surface area contributed by atoms with E-state index in [0.717, 1.165) is 18.8 Å². The van der Waals surface area contributed by atoms with Crippen molar-refractivity contribution < 1.29 is 4.79 Å². The van der Waals surface area contributed by atoms with Gasteiger partial charge in [0.25, 0.3) is 5.91 Å². The Bertz CT molecular complexity index is 519. The SMILES string of the molecule is CCC(C)(C)C1CCC(NC(=O)c2ccc(=O)[nH]c2)CC1. The average Bonchev–Trinajstić information content (AvgIpc) is 2.48. The van der Waals surface area contributed by atoms with E-state index in [1.807, 2.05) is 0 Å². The van der Waals surface area contributed by atoms with Crippen LogP contribution in [0, 0.1) is 11.3 Å². The van der Waals surface area contributed by atoms with E-state index in [-0.39, 0.29) is 17.5 Å². The molecule has 1 fully saturated rings. The maximum atomic E-state index is 12.1. The molecule has 4 heteroatoms. The van der Waals surface area contributed by atoms with Crippen LogP contribution < -0.4 is 10.9 Å². The molecule has 1 aromatic heterocycles. The van der Waals surface area contributed by atoms with Crippen LogP contribution in [0.25, 0.3) is 0 Å². The molecule has 0 atom stereocenters. The summed E-state index contributed by atoms with van der Waals surface area (Å²) in [4.78, 5) is 25.7. The molecule has 4 nitrogen and oxygen atoms in total. The Labute approximate surface area is 126 Å². The van der Waals surface area contributed by atoms with Crippen LogP contribution in [0.1, 0.15) is 63.2 Å². The number of rotatable bonds is 4. The van der Waals surface area contributed by atoms with E-state index >= 15 is 0 Å². The first kappa shape index (κ1) is 15.8. The highest BCUT2D eigenvalue weighted by Gasteiger charge is 2.32. The molecule has 0 aliphatic heterocycles. The van der Waals surface area contributed by atoms with Gasteiger partial charge in [-0.2, -0.15) is 0 Å². The summed E-state index contributed by atoms with van der Waals surface area (Å²) in [6.45, 7) is 6.94. The van der Waals surface area contributed by atoms with Gasteiger partial charge >= 0.3 is 0 Å². The number of hydrogen-bond acceptors (Lipinski definition) is 2. The number of carbonyl (C=O) groups excluding carboxylic acids is 1. The van der Waals surface area contributed by atoms with Crippen molar-refractivity contribution in [1.29, 1.82) is 0 Å². The van der Waals surface area contributed by atoms with Gasteiger partial charge in [0.2, 0.25) is 5.56 Å². The molecule has 2 rings (SSSR count). The van der Waals surface area contributed by atoms with Crippen molar-refractivity contribution >= 4 is 5.91 Å². The van der Waals surface area contributed by atoms with Crippen LogP contribution in [0.5, 0.6) is 0 Å². The number of pyridine rings is 1. The molecule has 0 spiro atoms. The number of aromatic amines is 1. The third kappa shape index (κ3) is 3.96.